The Kier molecular flexibility index (Phi) is 5.14. The third-order valence-corrected chi connectivity index (χ3v) is 2.81. The molecular weight excluding hydrogens is 212 g/mol. The van der Waals surface area contributed by atoms with E-state index >= 15 is 0 Å². The maximum Gasteiger partial charge on any atom is 0.221 e. The van der Waals surface area contributed by atoms with Crippen molar-refractivity contribution >= 4 is 23.4 Å². The Morgan fingerprint density at radius 1 is 1.67 bits per heavy atom. The van der Waals surface area contributed by atoms with Crippen molar-refractivity contribution in [3.8, 4) is 0 Å². The van der Waals surface area contributed by atoms with Gasteiger partial charge in [-0.05, 0) is 12.5 Å². The number of amides is 1. The van der Waals surface area contributed by atoms with Gasteiger partial charge in [0.2, 0.25) is 5.91 Å². The van der Waals surface area contributed by atoms with E-state index in [1.165, 1.54) is 6.92 Å². The molecule has 1 amide bonds. The maximum absolute atomic E-state index is 10.9. The van der Waals surface area contributed by atoms with Crippen LogP contribution in [0.3, 0.4) is 0 Å². The molecule has 0 fully saturated rings. The molecule has 0 bridgehead atoms. The van der Waals surface area contributed by atoms with Gasteiger partial charge < -0.3 is 10.4 Å². The lowest BCUT2D eigenvalue weighted by molar-refractivity contribution is -0.114. The van der Waals surface area contributed by atoms with Gasteiger partial charge in [-0.3, -0.25) is 9.78 Å². The molecule has 2 N–H and O–H groups in total. The molecule has 1 aromatic heterocycles. The van der Waals surface area contributed by atoms with E-state index in [9.17, 15) is 4.79 Å². The number of nitrogens with one attached hydrogen (secondary N) is 1. The van der Waals surface area contributed by atoms with Crippen LogP contribution in [-0.2, 0) is 4.79 Å². The van der Waals surface area contributed by atoms with Crippen LogP contribution in [0.5, 0.6) is 0 Å². The van der Waals surface area contributed by atoms with Crippen LogP contribution < -0.4 is 5.32 Å². The fraction of sp³-hybridized carbons (Fsp3) is 0.400. The molecule has 82 valence electrons. The summed E-state index contributed by atoms with van der Waals surface area (Å²) in [4.78, 5) is 15.8. The highest BCUT2D eigenvalue weighted by molar-refractivity contribution is 7.99. The third kappa shape index (κ3) is 4.31. The number of nitrogens with zero attached hydrogens (tertiary/aromatic N) is 1. The number of aliphatic hydroxyl groups is 1. The van der Waals surface area contributed by atoms with E-state index in [0.717, 1.165) is 22.8 Å². The van der Waals surface area contributed by atoms with Crippen molar-refractivity contribution in [2.75, 3.05) is 17.7 Å². The van der Waals surface area contributed by atoms with E-state index in [0.29, 0.717) is 0 Å². The average Bonchev–Trinajstić information content (AvgIpc) is 2.20. The van der Waals surface area contributed by atoms with E-state index in [-0.39, 0.29) is 12.5 Å². The van der Waals surface area contributed by atoms with Crippen LogP contribution >= 0.6 is 11.8 Å². The number of rotatable bonds is 5. The lowest BCUT2D eigenvalue weighted by atomic mass is 10.4. The van der Waals surface area contributed by atoms with Crippen LogP contribution in [0.2, 0.25) is 0 Å². The van der Waals surface area contributed by atoms with Crippen molar-refractivity contribution in [3.63, 3.8) is 0 Å². The summed E-state index contributed by atoms with van der Waals surface area (Å²) in [5.41, 5.74) is 0.730. The molecule has 0 spiro atoms. The third-order valence-electron chi connectivity index (χ3n) is 1.65. The lowest BCUT2D eigenvalue weighted by Gasteiger charge is -2.07. The number of carbonyl (C=O) groups is 1. The summed E-state index contributed by atoms with van der Waals surface area (Å²) in [7, 11) is 0. The SMILES string of the molecule is CC(=O)Nc1cnccc1SCCCO. The second kappa shape index (κ2) is 6.42. The molecule has 0 saturated heterocycles. The van der Waals surface area contributed by atoms with Gasteiger partial charge in [-0.1, -0.05) is 0 Å². The normalized spacial score (nSPS) is 10.0. The Morgan fingerprint density at radius 2 is 2.47 bits per heavy atom. The Balaban J connectivity index is 2.64. The summed E-state index contributed by atoms with van der Waals surface area (Å²) in [5, 5.41) is 11.4. The molecule has 0 radical (unpaired) electrons. The van der Waals surface area contributed by atoms with E-state index in [2.05, 4.69) is 10.3 Å². The molecule has 0 aliphatic carbocycles. The summed E-state index contributed by atoms with van der Waals surface area (Å²) in [6, 6.07) is 1.85. The number of pyridine rings is 1. The molecule has 0 aromatic carbocycles. The van der Waals surface area contributed by atoms with Gasteiger partial charge in [0.05, 0.1) is 11.9 Å². The number of anilines is 1. The molecular formula is C10H14N2O2S. The monoisotopic (exact) mass is 226 g/mol. The number of carbonyl (C=O) groups excluding carboxylic acids is 1. The van der Waals surface area contributed by atoms with Gasteiger partial charge in [0.15, 0.2) is 0 Å². The fourth-order valence-corrected chi connectivity index (χ4v) is 1.95. The van der Waals surface area contributed by atoms with Crippen molar-refractivity contribution < 1.29 is 9.90 Å². The number of hydrogen-bond donors (Lipinski definition) is 2. The zero-order chi connectivity index (χ0) is 11.1. The van der Waals surface area contributed by atoms with Gasteiger partial charge in [0, 0.05) is 30.4 Å². The molecule has 0 aliphatic heterocycles. The van der Waals surface area contributed by atoms with E-state index < -0.39 is 0 Å². The summed E-state index contributed by atoms with van der Waals surface area (Å²) in [6.45, 7) is 1.66. The smallest absolute Gasteiger partial charge is 0.221 e. The second-order valence-corrected chi connectivity index (χ2v) is 4.12. The van der Waals surface area contributed by atoms with Gasteiger partial charge in [-0.15, -0.1) is 11.8 Å². The Labute approximate surface area is 93.1 Å². The minimum Gasteiger partial charge on any atom is -0.396 e. The van der Waals surface area contributed by atoms with Gasteiger partial charge in [0.25, 0.3) is 0 Å². The molecule has 0 atom stereocenters. The average molecular weight is 226 g/mol. The first-order valence-electron chi connectivity index (χ1n) is 4.69. The first-order chi connectivity index (χ1) is 7.24. The lowest BCUT2D eigenvalue weighted by Crippen LogP contribution is -2.07. The predicted molar refractivity (Wildman–Crippen MR) is 61.0 cm³/mol. The molecule has 0 saturated carbocycles. The number of aliphatic hydroxyl groups excluding tert-OH is 1. The summed E-state index contributed by atoms with van der Waals surface area (Å²) >= 11 is 1.60. The highest BCUT2D eigenvalue weighted by Crippen LogP contribution is 2.26. The predicted octanol–water partition coefficient (Wildman–Crippen LogP) is 1.51. The second-order valence-electron chi connectivity index (χ2n) is 2.98. The van der Waals surface area contributed by atoms with Crippen molar-refractivity contribution in [3.05, 3.63) is 18.5 Å². The van der Waals surface area contributed by atoms with Crippen molar-refractivity contribution in [1.82, 2.24) is 4.98 Å². The van der Waals surface area contributed by atoms with Gasteiger partial charge in [-0.25, -0.2) is 0 Å². The van der Waals surface area contributed by atoms with E-state index in [4.69, 9.17) is 5.11 Å². The molecule has 1 rings (SSSR count). The summed E-state index contributed by atoms with van der Waals surface area (Å²) in [6.07, 6.45) is 4.06. The van der Waals surface area contributed by atoms with Gasteiger partial charge in [-0.2, -0.15) is 0 Å². The summed E-state index contributed by atoms with van der Waals surface area (Å²) < 4.78 is 0. The van der Waals surface area contributed by atoms with Crippen molar-refractivity contribution in [1.29, 1.82) is 0 Å². The highest BCUT2D eigenvalue weighted by atomic mass is 32.2. The largest absolute Gasteiger partial charge is 0.396 e. The quantitative estimate of drug-likeness (QED) is 0.590. The number of thioether (sulfide) groups is 1. The van der Waals surface area contributed by atoms with Crippen LogP contribution in [0.4, 0.5) is 5.69 Å². The zero-order valence-electron chi connectivity index (χ0n) is 8.56. The van der Waals surface area contributed by atoms with Crippen molar-refractivity contribution in [2.24, 2.45) is 0 Å². The summed E-state index contributed by atoms with van der Waals surface area (Å²) in [5.74, 6) is 0.722. The Morgan fingerprint density at radius 3 is 3.13 bits per heavy atom. The van der Waals surface area contributed by atoms with Crippen LogP contribution in [0.1, 0.15) is 13.3 Å². The van der Waals surface area contributed by atoms with E-state index in [1.54, 1.807) is 24.2 Å². The molecule has 4 nitrogen and oxygen atoms in total. The van der Waals surface area contributed by atoms with Gasteiger partial charge >= 0.3 is 0 Å². The zero-order valence-corrected chi connectivity index (χ0v) is 9.38. The Hall–Kier alpha value is -1.07. The number of hydrogen-bond acceptors (Lipinski definition) is 4. The Bertz CT molecular complexity index is 331. The van der Waals surface area contributed by atoms with Crippen LogP contribution in [0.25, 0.3) is 0 Å². The topological polar surface area (TPSA) is 62.2 Å². The molecule has 5 heteroatoms. The first-order valence-corrected chi connectivity index (χ1v) is 5.68. The number of aromatic nitrogens is 1. The maximum atomic E-state index is 10.9. The highest BCUT2D eigenvalue weighted by Gasteiger charge is 2.03. The minimum atomic E-state index is -0.105. The fourth-order valence-electron chi connectivity index (χ4n) is 1.04. The molecule has 1 aromatic rings. The minimum absolute atomic E-state index is 0.105. The molecule has 0 aliphatic rings. The molecule has 1 heterocycles. The molecule has 15 heavy (non-hydrogen) atoms. The van der Waals surface area contributed by atoms with E-state index in [1.807, 2.05) is 6.07 Å². The van der Waals surface area contributed by atoms with Crippen LogP contribution in [0.15, 0.2) is 23.4 Å². The first kappa shape index (κ1) is 12.0. The standard InChI is InChI=1S/C10H14N2O2S/c1-8(14)12-9-7-11-4-3-10(9)15-6-2-5-13/h3-4,7,13H,2,5-6H2,1H3,(H,12,14). The van der Waals surface area contributed by atoms with Crippen LogP contribution in [-0.4, -0.2) is 28.4 Å². The van der Waals surface area contributed by atoms with Gasteiger partial charge in [0.1, 0.15) is 0 Å². The molecule has 0 unspecified atom stereocenters. The van der Waals surface area contributed by atoms with Crippen molar-refractivity contribution in [2.45, 2.75) is 18.2 Å². The van der Waals surface area contributed by atoms with Crippen LogP contribution in [0, 0.1) is 0 Å².